The molecule has 2 rings (SSSR count). The van der Waals surface area contributed by atoms with Crippen LogP contribution in [-0.2, 0) is 0 Å². The largest absolute Gasteiger partial charge is 0.346 e. The summed E-state index contributed by atoms with van der Waals surface area (Å²) in [5.41, 5.74) is 3.60. The quantitative estimate of drug-likeness (QED) is 0.771. The number of carbonyl (C=O) groups is 1. The van der Waals surface area contributed by atoms with Crippen LogP contribution in [0.5, 0.6) is 0 Å². The molecule has 1 aliphatic rings. The summed E-state index contributed by atoms with van der Waals surface area (Å²) in [4.78, 5) is 12.3. The highest BCUT2D eigenvalue weighted by Gasteiger charge is 2.26. The molecule has 1 aromatic rings. The molecule has 0 aliphatic heterocycles. The molecule has 1 N–H and O–H groups in total. The molecule has 1 unspecified atom stereocenters. The second-order valence-electron chi connectivity index (χ2n) is 7.03. The van der Waals surface area contributed by atoms with Gasteiger partial charge in [-0.15, -0.1) is 0 Å². The van der Waals surface area contributed by atoms with Crippen LogP contribution in [0.3, 0.4) is 0 Å². The fourth-order valence-electron chi connectivity index (χ4n) is 3.23. The van der Waals surface area contributed by atoms with Crippen molar-refractivity contribution < 1.29 is 4.79 Å². The van der Waals surface area contributed by atoms with Crippen molar-refractivity contribution >= 4 is 17.5 Å². The first-order chi connectivity index (χ1) is 10.8. The van der Waals surface area contributed by atoms with E-state index in [1.807, 2.05) is 19.1 Å². The van der Waals surface area contributed by atoms with Crippen molar-refractivity contribution in [2.45, 2.75) is 53.0 Å². The number of benzene rings is 1. The van der Waals surface area contributed by atoms with Crippen LogP contribution in [0.15, 0.2) is 47.6 Å². The lowest BCUT2D eigenvalue weighted by Gasteiger charge is -2.33. The van der Waals surface area contributed by atoms with E-state index in [0.29, 0.717) is 10.6 Å². The second kappa shape index (κ2) is 7.35. The van der Waals surface area contributed by atoms with E-state index in [-0.39, 0.29) is 17.4 Å². The molecule has 0 saturated heterocycles. The summed E-state index contributed by atoms with van der Waals surface area (Å²) in [5, 5.41) is 3.47. The predicted octanol–water partition coefficient (Wildman–Crippen LogP) is 5.54. The molecule has 1 aliphatic carbocycles. The van der Waals surface area contributed by atoms with Gasteiger partial charge in [0.15, 0.2) is 0 Å². The van der Waals surface area contributed by atoms with Gasteiger partial charge in [-0.1, -0.05) is 55.3 Å². The maximum absolute atomic E-state index is 12.3. The predicted molar refractivity (Wildman–Crippen MR) is 97.9 cm³/mol. The highest BCUT2D eigenvalue weighted by atomic mass is 35.5. The third kappa shape index (κ3) is 4.48. The molecule has 0 radical (unpaired) electrons. The van der Waals surface area contributed by atoms with Crippen LogP contribution in [0.1, 0.15) is 57.3 Å². The van der Waals surface area contributed by atoms with Gasteiger partial charge in [-0.05, 0) is 56.2 Å². The number of halogens is 1. The summed E-state index contributed by atoms with van der Waals surface area (Å²) in [6.45, 7) is 8.79. The van der Waals surface area contributed by atoms with Crippen LogP contribution >= 0.6 is 11.6 Å². The molecule has 0 bridgehead atoms. The van der Waals surface area contributed by atoms with Gasteiger partial charge in [-0.25, -0.2) is 0 Å². The first-order valence-corrected chi connectivity index (χ1v) is 8.63. The van der Waals surface area contributed by atoms with E-state index in [9.17, 15) is 4.79 Å². The molecule has 124 valence electrons. The Labute approximate surface area is 144 Å². The van der Waals surface area contributed by atoms with Crippen LogP contribution in [0.25, 0.3) is 0 Å². The highest BCUT2D eigenvalue weighted by molar-refractivity contribution is 6.33. The van der Waals surface area contributed by atoms with Crippen molar-refractivity contribution in [2.24, 2.45) is 5.41 Å². The Morgan fingerprint density at radius 3 is 2.70 bits per heavy atom. The smallest absolute Gasteiger partial charge is 0.253 e. The van der Waals surface area contributed by atoms with Crippen LogP contribution in [-0.4, -0.2) is 11.9 Å². The molecule has 1 aromatic carbocycles. The Balaban J connectivity index is 2.06. The van der Waals surface area contributed by atoms with E-state index in [1.165, 1.54) is 30.4 Å². The Kier molecular flexibility index (Phi) is 5.69. The summed E-state index contributed by atoms with van der Waals surface area (Å²) in [6.07, 6.45) is 7.90. The second-order valence-corrected chi connectivity index (χ2v) is 7.44. The molecule has 23 heavy (non-hydrogen) atoms. The Hall–Kier alpha value is -1.54. The molecule has 1 amide bonds. The topological polar surface area (TPSA) is 29.1 Å². The van der Waals surface area contributed by atoms with Gasteiger partial charge in [0.25, 0.3) is 5.91 Å². The summed E-state index contributed by atoms with van der Waals surface area (Å²) >= 11 is 6.07. The van der Waals surface area contributed by atoms with Crippen molar-refractivity contribution in [2.75, 3.05) is 0 Å². The average Bonchev–Trinajstić information content (AvgIpc) is 2.46. The molecule has 0 fully saturated rings. The normalized spacial score (nSPS) is 19.0. The van der Waals surface area contributed by atoms with Gasteiger partial charge in [0.2, 0.25) is 0 Å². The number of nitrogens with one attached hydrogen (secondary N) is 1. The lowest BCUT2D eigenvalue weighted by Crippen LogP contribution is -2.31. The molecule has 2 nitrogen and oxygen atoms in total. The zero-order chi connectivity index (χ0) is 17.0. The van der Waals surface area contributed by atoms with Gasteiger partial charge in [0, 0.05) is 6.04 Å². The number of hydrogen-bond donors (Lipinski definition) is 1. The maximum Gasteiger partial charge on any atom is 0.253 e. The number of carbonyl (C=O) groups excluding carboxylic acids is 1. The number of amides is 1. The lowest BCUT2D eigenvalue weighted by atomic mass is 9.72. The minimum absolute atomic E-state index is 0.0446. The fourth-order valence-corrected chi connectivity index (χ4v) is 3.45. The van der Waals surface area contributed by atoms with Crippen LogP contribution < -0.4 is 5.32 Å². The van der Waals surface area contributed by atoms with Crippen molar-refractivity contribution in [1.82, 2.24) is 5.32 Å². The van der Waals surface area contributed by atoms with Gasteiger partial charge in [-0.2, -0.15) is 0 Å². The van der Waals surface area contributed by atoms with E-state index >= 15 is 0 Å². The van der Waals surface area contributed by atoms with Crippen LogP contribution in [0.2, 0.25) is 5.02 Å². The molecule has 3 heteroatoms. The Morgan fingerprint density at radius 2 is 2.04 bits per heavy atom. The maximum atomic E-state index is 12.3. The molecule has 0 heterocycles. The number of hydrogen-bond acceptors (Lipinski definition) is 1. The number of rotatable bonds is 4. The molecule has 0 aromatic heterocycles. The monoisotopic (exact) mass is 331 g/mol. The van der Waals surface area contributed by atoms with E-state index in [4.69, 9.17) is 11.6 Å². The summed E-state index contributed by atoms with van der Waals surface area (Å²) < 4.78 is 0. The Bertz CT molecular complexity index is 643. The van der Waals surface area contributed by atoms with Gasteiger partial charge in [0.1, 0.15) is 0 Å². The molecule has 0 saturated carbocycles. The first kappa shape index (κ1) is 17.8. The van der Waals surface area contributed by atoms with Crippen molar-refractivity contribution in [3.05, 3.63) is 58.1 Å². The van der Waals surface area contributed by atoms with Gasteiger partial charge in [-0.3, -0.25) is 4.79 Å². The van der Waals surface area contributed by atoms with Gasteiger partial charge < -0.3 is 5.32 Å². The van der Waals surface area contributed by atoms with E-state index in [0.717, 1.165) is 0 Å². The molecular formula is C20H26ClNO. The lowest BCUT2D eigenvalue weighted by molar-refractivity contribution is 0.0947. The minimum atomic E-state index is -0.138. The van der Waals surface area contributed by atoms with Crippen molar-refractivity contribution in [1.29, 1.82) is 0 Å². The standard InChI is InChI=1S/C20H26ClNO/c1-14-8-7-13-20(3,4)17(14)12-11-15(2)22-19(23)16-9-5-6-10-18(16)21/h5-6,9-12,15H,7-8,13H2,1-4H3,(H,22,23)/b12-11+. The van der Waals surface area contributed by atoms with Gasteiger partial charge >= 0.3 is 0 Å². The first-order valence-electron chi connectivity index (χ1n) is 8.25. The van der Waals surface area contributed by atoms with E-state index in [2.05, 4.69) is 38.2 Å². The SMILES string of the molecule is CC1=C(/C=C/C(C)NC(=O)c2ccccc2Cl)C(C)(C)CCC1. The zero-order valence-electron chi connectivity index (χ0n) is 14.4. The van der Waals surface area contributed by atoms with E-state index < -0.39 is 0 Å². The summed E-state index contributed by atoms with van der Waals surface area (Å²) in [5.74, 6) is -0.138. The zero-order valence-corrected chi connectivity index (χ0v) is 15.2. The van der Waals surface area contributed by atoms with Crippen molar-refractivity contribution in [3.63, 3.8) is 0 Å². The third-order valence-electron chi connectivity index (χ3n) is 4.57. The third-order valence-corrected chi connectivity index (χ3v) is 4.90. The highest BCUT2D eigenvalue weighted by Crippen LogP contribution is 2.40. The fraction of sp³-hybridized carbons (Fsp3) is 0.450. The Morgan fingerprint density at radius 1 is 1.35 bits per heavy atom. The molecule has 1 atom stereocenters. The van der Waals surface area contributed by atoms with Gasteiger partial charge in [0.05, 0.1) is 10.6 Å². The van der Waals surface area contributed by atoms with Crippen molar-refractivity contribution in [3.8, 4) is 0 Å². The van der Waals surface area contributed by atoms with Crippen LogP contribution in [0.4, 0.5) is 0 Å². The molecular weight excluding hydrogens is 306 g/mol. The molecule has 0 spiro atoms. The minimum Gasteiger partial charge on any atom is -0.346 e. The summed E-state index contributed by atoms with van der Waals surface area (Å²) in [7, 11) is 0. The van der Waals surface area contributed by atoms with E-state index in [1.54, 1.807) is 12.1 Å². The van der Waals surface area contributed by atoms with Crippen LogP contribution in [0, 0.1) is 5.41 Å². The summed E-state index contributed by atoms with van der Waals surface area (Å²) in [6, 6.07) is 7.07. The number of allylic oxidation sites excluding steroid dienone is 3. The average molecular weight is 332 g/mol.